The number of hydrogen-bond donors (Lipinski definition) is 1. The highest BCUT2D eigenvalue weighted by atomic mass is 16.5. The van der Waals surface area contributed by atoms with Crippen molar-refractivity contribution >= 4 is 27.8 Å². The second-order valence-corrected chi connectivity index (χ2v) is 5.35. The number of aryl methyl sites for hydroxylation is 1. The topological polar surface area (TPSA) is 60.1 Å². The van der Waals surface area contributed by atoms with Gasteiger partial charge in [0.05, 0.1) is 11.3 Å². The van der Waals surface area contributed by atoms with Crippen molar-refractivity contribution in [2.75, 3.05) is 6.54 Å². The molecular weight excluding hydrogens is 254 g/mol. The van der Waals surface area contributed by atoms with Gasteiger partial charge in [0.25, 0.3) is 0 Å². The zero-order valence-electron chi connectivity index (χ0n) is 11.2. The van der Waals surface area contributed by atoms with E-state index in [2.05, 4.69) is 21.1 Å². The number of aromatic nitrogens is 2. The van der Waals surface area contributed by atoms with Gasteiger partial charge >= 0.3 is 0 Å². The standard InChI is InChI=1S/C15H15N3O2/c1-18-8-6-9-11(18)4-5-12-13(9)14(17-20-12)10-3-2-7-16-15(10)19/h4-6,8,10H,2-3,7H2,1H3,(H,16,19). The Labute approximate surface area is 115 Å². The molecular formula is C15H15N3O2. The number of fused-ring (bicyclic) bond motifs is 3. The van der Waals surface area contributed by atoms with Gasteiger partial charge in [-0.05, 0) is 31.0 Å². The zero-order valence-corrected chi connectivity index (χ0v) is 11.2. The summed E-state index contributed by atoms with van der Waals surface area (Å²) in [5.74, 6) is -0.143. The van der Waals surface area contributed by atoms with Crippen LogP contribution in [0, 0.1) is 0 Å². The van der Waals surface area contributed by atoms with Crippen molar-refractivity contribution in [3.8, 4) is 0 Å². The first-order chi connectivity index (χ1) is 9.75. The normalized spacial score (nSPS) is 19.6. The summed E-state index contributed by atoms with van der Waals surface area (Å²) in [7, 11) is 2.01. The number of piperidine rings is 1. The Balaban J connectivity index is 1.99. The number of amides is 1. The van der Waals surface area contributed by atoms with Crippen molar-refractivity contribution in [2.45, 2.75) is 18.8 Å². The van der Waals surface area contributed by atoms with Crippen LogP contribution in [0.3, 0.4) is 0 Å². The molecule has 3 heterocycles. The summed E-state index contributed by atoms with van der Waals surface area (Å²) < 4.78 is 7.49. The van der Waals surface area contributed by atoms with Gasteiger partial charge in [-0.3, -0.25) is 4.79 Å². The molecule has 2 aromatic heterocycles. The lowest BCUT2D eigenvalue weighted by atomic mass is 9.92. The second-order valence-electron chi connectivity index (χ2n) is 5.35. The van der Waals surface area contributed by atoms with Crippen molar-refractivity contribution < 1.29 is 9.32 Å². The van der Waals surface area contributed by atoms with E-state index in [1.807, 2.05) is 25.4 Å². The van der Waals surface area contributed by atoms with Crippen LogP contribution < -0.4 is 5.32 Å². The largest absolute Gasteiger partial charge is 0.356 e. The fourth-order valence-corrected chi connectivity index (χ4v) is 3.09. The molecule has 1 fully saturated rings. The Morgan fingerprint density at radius 2 is 2.30 bits per heavy atom. The fourth-order valence-electron chi connectivity index (χ4n) is 3.09. The Morgan fingerprint density at radius 3 is 3.15 bits per heavy atom. The van der Waals surface area contributed by atoms with E-state index >= 15 is 0 Å². The van der Waals surface area contributed by atoms with Crippen LogP contribution in [0.25, 0.3) is 21.9 Å². The monoisotopic (exact) mass is 269 g/mol. The van der Waals surface area contributed by atoms with Gasteiger partial charge in [0, 0.05) is 30.7 Å². The van der Waals surface area contributed by atoms with Crippen LogP contribution in [-0.2, 0) is 11.8 Å². The maximum Gasteiger partial charge on any atom is 0.229 e. The molecule has 1 atom stereocenters. The minimum absolute atomic E-state index is 0.0550. The zero-order chi connectivity index (χ0) is 13.7. The minimum atomic E-state index is -0.198. The van der Waals surface area contributed by atoms with Gasteiger partial charge in [-0.15, -0.1) is 0 Å². The van der Waals surface area contributed by atoms with Gasteiger partial charge in [-0.1, -0.05) is 5.16 Å². The maximum absolute atomic E-state index is 12.1. The lowest BCUT2D eigenvalue weighted by molar-refractivity contribution is -0.123. The summed E-state index contributed by atoms with van der Waals surface area (Å²) in [6.07, 6.45) is 3.83. The van der Waals surface area contributed by atoms with Crippen LogP contribution in [0.1, 0.15) is 24.5 Å². The molecule has 1 N–H and O–H groups in total. The number of nitrogens with zero attached hydrogens (tertiary/aromatic N) is 2. The number of hydrogen-bond acceptors (Lipinski definition) is 3. The van der Waals surface area contributed by atoms with Crippen LogP contribution in [-0.4, -0.2) is 22.2 Å². The average Bonchev–Trinajstić information content (AvgIpc) is 3.03. The van der Waals surface area contributed by atoms with E-state index in [1.54, 1.807) is 0 Å². The Bertz CT molecular complexity index is 815. The summed E-state index contributed by atoms with van der Waals surface area (Å²) in [6.45, 7) is 0.756. The Hall–Kier alpha value is -2.30. The van der Waals surface area contributed by atoms with Crippen LogP contribution in [0.5, 0.6) is 0 Å². The number of rotatable bonds is 1. The number of carbonyl (C=O) groups is 1. The van der Waals surface area contributed by atoms with Crippen LogP contribution >= 0.6 is 0 Å². The van der Waals surface area contributed by atoms with Gasteiger partial charge < -0.3 is 14.4 Å². The predicted octanol–water partition coefficient (Wildman–Crippen LogP) is 2.31. The first kappa shape index (κ1) is 11.5. The quantitative estimate of drug-likeness (QED) is 0.737. The molecule has 20 heavy (non-hydrogen) atoms. The highest BCUT2D eigenvalue weighted by Gasteiger charge is 2.29. The summed E-state index contributed by atoms with van der Waals surface area (Å²) in [4.78, 5) is 12.1. The molecule has 1 aliphatic heterocycles. The average molecular weight is 269 g/mol. The molecule has 1 saturated heterocycles. The smallest absolute Gasteiger partial charge is 0.229 e. The maximum atomic E-state index is 12.1. The molecule has 4 rings (SSSR count). The Kier molecular flexibility index (Phi) is 2.36. The van der Waals surface area contributed by atoms with Crippen LogP contribution in [0.4, 0.5) is 0 Å². The molecule has 0 saturated carbocycles. The van der Waals surface area contributed by atoms with Crippen molar-refractivity contribution in [1.82, 2.24) is 15.0 Å². The van der Waals surface area contributed by atoms with Gasteiger partial charge in [0.1, 0.15) is 5.69 Å². The molecule has 1 aliphatic rings. The van der Waals surface area contributed by atoms with E-state index in [0.29, 0.717) is 0 Å². The lowest BCUT2D eigenvalue weighted by Crippen LogP contribution is -2.35. The first-order valence-electron chi connectivity index (χ1n) is 6.87. The molecule has 102 valence electrons. The third-order valence-electron chi connectivity index (χ3n) is 4.14. The lowest BCUT2D eigenvalue weighted by Gasteiger charge is -2.19. The molecule has 1 unspecified atom stereocenters. The SMILES string of the molecule is Cn1ccc2c3c(C4CCCNC4=O)noc3ccc21. The highest BCUT2D eigenvalue weighted by Crippen LogP contribution is 2.34. The molecule has 0 spiro atoms. The summed E-state index contributed by atoms with van der Waals surface area (Å²) in [6, 6.07) is 6.00. The van der Waals surface area contributed by atoms with Gasteiger partial charge in [-0.25, -0.2) is 0 Å². The van der Waals surface area contributed by atoms with Crippen molar-refractivity contribution in [3.63, 3.8) is 0 Å². The second kappa shape index (κ2) is 4.10. The van der Waals surface area contributed by atoms with E-state index in [0.717, 1.165) is 47.0 Å². The molecule has 0 aliphatic carbocycles. The van der Waals surface area contributed by atoms with Gasteiger partial charge in [0.15, 0.2) is 5.58 Å². The van der Waals surface area contributed by atoms with E-state index in [9.17, 15) is 4.79 Å². The third-order valence-corrected chi connectivity index (χ3v) is 4.14. The van der Waals surface area contributed by atoms with Crippen LogP contribution in [0.2, 0.25) is 0 Å². The number of carbonyl (C=O) groups excluding carboxylic acids is 1. The van der Waals surface area contributed by atoms with E-state index in [-0.39, 0.29) is 11.8 Å². The molecule has 5 nitrogen and oxygen atoms in total. The van der Waals surface area contributed by atoms with Crippen LogP contribution in [0.15, 0.2) is 28.9 Å². The van der Waals surface area contributed by atoms with E-state index in [1.165, 1.54) is 0 Å². The summed E-state index contributed by atoms with van der Waals surface area (Å²) in [5.41, 5.74) is 2.64. The van der Waals surface area contributed by atoms with E-state index < -0.39 is 0 Å². The number of benzene rings is 1. The summed E-state index contributed by atoms with van der Waals surface area (Å²) >= 11 is 0. The number of nitrogens with one attached hydrogen (secondary N) is 1. The molecule has 1 aromatic carbocycles. The third kappa shape index (κ3) is 1.49. The van der Waals surface area contributed by atoms with E-state index in [4.69, 9.17) is 4.52 Å². The van der Waals surface area contributed by atoms with Crippen molar-refractivity contribution in [3.05, 3.63) is 30.1 Å². The molecule has 1 amide bonds. The predicted molar refractivity (Wildman–Crippen MR) is 75.5 cm³/mol. The molecule has 5 heteroatoms. The molecule has 0 radical (unpaired) electrons. The van der Waals surface area contributed by atoms with Crippen molar-refractivity contribution in [2.24, 2.45) is 7.05 Å². The molecule has 0 bridgehead atoms. The van der Waals surface area contributed by atoms with Gasteiger partial charge in [0.2, 0.25) is 5.91 Å². The van der Waals surface area contributed by atoms with Gasteiger partial charge in [-0.2, -0.15) is 0 Å². The summed E-state index contributed by atoms with van der Waals surface area (Å²) in [5, 5.41) is 9.17. The Morgan fingerprint density at radius 1 is 1.40 bits per heavy atom. The first-order valence-corrected chi connectivity index (χ1v) is 6.87. The minimum Gasteiger partial charge on any atom is -0.356 e. The highest BCUT2D eigenvalue weighted by molar-refractivity contribution is 6.07. The fraction of sp³-hybridized carbons (Fsp3) is 0.333. The molecule has 3 aromatic rings. The van der Waals surface area contributed by atoms with Crippen molar-refractivity contribution in [1.29, 1.82) is 0 Å².